The van der Waals surface area contributed by atoms with Crippen LogP contribution in [0.4, 0.5) is 10.6 Å². The van der Waals surface area contributed by atoms with Crippen molar-refractivity contribution < 1.29 is 9.53 Å². The van der Waals surface area contributed by atoms with Gasteiger partial charge in [-0.15, -0.1) is 0 Å². The number of ether oxygens (including phenoxy) is 1. The molecule has 4 N–H and O–H groups in total. The third-order valence-corrected chi connectivity index (χ3v) is 3.61. The van der Waals surface area contributed by atoms with Gasteiger partial charge in [-0.3, -0.25) is 4.98 Å². The number of nitrogens with two attached hydrogens (primary N) is 2. The lowest BCUT2D eigenvalue weighted by atomic mass is 9.93. The molecule has 110 valence electrons. The maximum atomic E-state index is 10.9. The predicted molar refractivity (Wildman–Crippen MR) is 75.2 cm³/mol. The highest BCUT2D eigenvalue weighted by atomic mass is 16.6. The smallest absolute Gasteiger partial charge is 0.405 e. The summed E-state index contributed by atoms with van der Waals surface area (Å²) in [5, 5.41) is 0. The number of nitrogens with zero attached hydrogens (tertiary/aromatic N) is 3. The topological polar surface area (TPSA) is 107 Å². The van der Waals surface area contributed by atoms with Gasteiger partial charge >= 0.3 is 6.09 Å². The Kier molecular flexibility index (Phi) is 4.08. The SMILES string of the molecule is Cc1cnc(CN)c(N2CCC(C)(OC(N)=O)CC2)n1. The monoisotopic (exact) mass is 279 g/mol. The van der Waals surface area contributed by atoms with Crippen molar-refractivity contribution >= 4 is 11.9 Å². The van der Waals surface area contributed by atoms with Gasteiger partial charge in [0.25, 0.3) is 0 Å². The summed E-state index contributed by atoms with van der Waals surface area (Å²) in [5.41, 5.74) is 12.0. The van der Waals surface area contributed by atoms with Gasteiger partial charge in [0.05, 0.1) is 11.4 Å². The van der Waals surface area contributed by atoms with Gasteiger partial charge in [-0.1, -0.05) is 0 Å². The highest BCUT2D eigenvalue weighted by molar-refractivity contribution is 5.65. The molecule has 2 rings (SSSR count). The fourth-order valence-electron chi connectivity index (χ4n) is 2.42. The molecule has 7 nitrogen and oxygen atoms in total. The van der Waals surface area contributed by atoms with Gasteiger partial charge in [0.2, 0.25) is 0 Å². The summed E-state index contributed by atoms with van der Waals surface area (Å²) in [6.07, 6.45) is 2.40. The van der Waals surface area contributed by atoms with E-state index in [4.69, 9.17) is 16.2 Å². The number of carbonyl (C=O) groups excluding carboxylic acids is 1. The van der Waals surface area contributed by atoms with E-state index in [1.165, 1.54) is 0 Å². The quantitative estimate of drug-likeness (QED) is 0.843. The zero-order valence-corrected chi connectivity index (χ0v) is 11.9. The third-order valence-electron chi connectivity index (χ3n) is 3.61. The van der Waals surface area contributed by atoms with Gasteiger partial charge in [-0.2, -0.15) is 0 Å². The van der Waals surface area contributed by atoms with E-state index in [1.807, 2.05) is 13.8 Å². The molecule has 0 bridgehead atoms. The van der Waals surface area contributed by atoms with E-state index in [9.17, 15) is 4.79 Å². The maximum absolute atomic E-state index is 10.9. The Morgan fingerprint density at radius 2 is 2.15 bits per heavy atom. The second kappa shape index (κ2) is 5.62. The van der Waals surface area contributed by atoms with Crippen molar-refractivity contribution in [1.82, 2.24) is 9.97 Å². The van der Waals surface area contributed by atoms with Crippen LogP contribution < -0.4 is 16.4 Å². The Morgan fingerprint density at radius 3 is 2.70 bits per heavy atom. The summed E-state index contributed by atoms with van der Waals surface area (Å²) < 4.78 is 5.19. The Bertz CT molecular complexity index is 498. The van der Waals surface area contributed by atoms with E-state index in [0.717, 1.165) is 30.3 Å². The molecule has 0 aromatic carbocycles. The van der Waals surface area contributed by atoms with Crippen LogP contribution in [-0.2, 0) is 11.3 Å². The Balaban J connectivity index is 2.11. The van der Waals surface area contributed by atoms with Crippen molar-refractivity contribution in [2.45, 2.75) is 38.8 Å². The summed E-state index contributed by atoms with van der Waals surface area (Å²) >= 11 is 0. The summed E-state index contributed by atoms with van der Waals surface area (Å²) in [7, 11) is 0. The lowest BCUT2D eigenvalue weighted by Gasteiger charge is -2.39. The number of hydrogen-bond donors (Lipinski definition) is 2. The normalized spacial score (nSPS) is 17.9. The van der Waals surface area contributed by atoms with E-state index >= 15 is 0 Å². The highest BCUT2D eigenvalue weighted by Crippen LogP contribution is 2.29. The number of rotatable bonds is 3. The Hall–Kier alpha value is -1.89. The molecule has 0 radical (unpaired) electrons. The predicted octanol–water partition coefficient (Wildman–Crippen LogP) is 0.698. The van der Waals surface area contributed by atoms with Crippen LogP contribution in [-0.4, -0.2) is 34.8 Å². The van der Waals surface area contributed by atoms with Crippen molar-refractivity contribution in [3.63, 3.8) is 0 Å². The number of piperidine rings is 1. The molecule has 0 spiro atoms. The molecule has 7 heteroatoms. The highest BCUT2D eigenvalue weighted by Gasteiger charge is 2.34. The fraction of sp³-hybridized carbons (Fsp3) is 0.615. The zero-order valence-electron chi connectivity index (χ0n) is 11.9. The van der Waals surface area contributed by atoms with Crippen LogP contribution >= 0.6 is 0 Å². The second-order valence-electron chi connectivity index (χ2n) is 5.34. The fourth-order valence-corrected chi connectivity index (χ4v) is 2.42. The van der Waals surface area contributed by atoms with E-state index in [0.29, 0.717) is 19.4 Å². The van der Waals surface area contributed by atoms with E-state index in [-0.39, 0.29) is 0 Å². The summed E-state index contributed by atoms with van der Waals surface area (Å²) in [6.45, 7) is 5.62. The van der Waals surface area contributed by atoms with Crippen molar-refractivity contribution in [2.75, 3.05) is 18.0 Å². The number of aromatic nitrogens is 2. The molecular weight excluding hydrogens is 258 g/mol. The number of amides is 1. The lowest BCUT2D eigenvalue weighted by Crippen LogP contribution is -2.46. The largest absolute Gasteiger partial charge is 0.443 e. The van der Waals surface area contributed by atoms with Crippen LogP contribution in [0, 0.1) is 6.92 Å². The molecule has 0 aliphatic carbocycles. The average molecular weight is 279 g/mol. The molecule has 1 fully saturated rings. The standard InChI is InChI=1S/C13H21N5O2/c1-9-8-16-10(7-14)11(17-9)18-5-3-13(2,4-6-18)20-12(15)19/h8H,3-7,14H2,1-2H3,(H2,15,19). The first-order chi connectivity index (χ1) is 9.43. The van der Waals surface area contributed by atoms with Crippen molar-refractivity contribution in [2.24, 2.45) is 11.5 Å². The molecule has 1 amide bonds. The van der Waals surface area contributed by atoms with Crippen LogP contribution in [0.15, 0.2) is 6.20 Å². The minimum Gasteiger partial charge on any atom is -0.443 e. The van der Waals surface area contributed by atoms with E-state index in [2.05, 4.69) is 14.9 Å². The van der Waals surface area contributed by atoms with E-state index < -0.39 is 11.7 Å². The van der Waals surface area contributed by atoms with Crippen LogP contribution in [0.1, 0.15) is 31.2 Å². The molecular formula is C13H21N5O2. The number of carbonyl (C=O) groups is 1. The average Bonchev–Trinajstić information content (AvgIpc) is 2.38. The summed E-state index contributed by atoms with van der Waals surface area (Å²) in [5.74, 6) is 0.827. The number of primary amides is 1. The molecule has 1 aliphatic rings. The number of aryl methyl sites for hydroxylation is 1. The van der Waals surface area contributed by atoms with Crippen molar-refractivity contribution in [3.05, 3.63) is 17.6 Å². The minimum atomic E-state index is -0.723. The molecule has 0 atom stereocenters. The molecule has 1 aliphatic heterocycles. The van der Waals surface area contributed by atoms with Crippen molar-refractivity contribution in [1.29, 1.82) is 0 Å². The first kappa shape index (κ1) is 14.5. The molecule has 1 aromatic rings. The molecule has 0 saturated carbocycles. The second-order valence-corrected chi connectivity index (χ2v) is 5.34. The summed E-state index contributed by atoms with van der Waals surface area (Å²) in [4.78, 5) is 21.9. The summed E-state index contributed by atoms with van der Waals surface area (Å²) in [6, 6.07) is 0. The number of anilines is 1. The maximum Gasteiger partial charge on any atom is 0.405 e. The minimum absolute atomic E-state index is 0.355. The van der Waals surface area contributed by atoms with Gasteiger partial charge in [0.15, 0.2) is 5.82 Å². The first-order valence-electron chi connectivity index (χ1n) is 6.69. The van der Waals surface area contributed by atoms with Gasteiger partial charge in [0, 0.05) is 38.7 Å². The van der Waals surface area contributed by atoms with Crippen LogP contribution in [0.2, 0.25) is 0 Å². The van der Waals surface area contributed by atoms with Crippen LogP contribution in [0.3, 0.4) is 0 Å². The molecule has 1 aromatic heterocycles. The van der Waals surface area contributed by atoms with Gasteiger partial charge in [-0.25, -0.2) is 9.78 Å². The van der Waals surface area contributed by atoms with Gasteiger partial charge in [-0.05, 0) is 13.8 Å². The molecule has 1 saturated heterocycles. The Labute approximate surface area is 118 Å². The van der Waals surface area contributed by atoms with Crippen LogP contribution in [0.25, 0.3) is 0 Å². The van der Waals surface area contributed by atoms with Gasteiger partial charge < -0.3 is 21.1 Å². The lowest BCUT2D eigenvalue weighted by molar-refractivity contribution is 0.0126. The molecule has 20 heavy (non-hydrogen) atoms. The third kappa shape index (κ3) is 3.16. The zero-order chi connectivity index (χ0) is 14.8. The van der Waals surface area contributed by atoms with E-state index in [1.54, 1.807) is 6.20 Å². The first-order valence-corrected chi connectivity index (χ1v) is 6.69. The van der Waals surface area contributed by atoms with Crippen molar-refractivity contribution in [3.8, 4) is 0 Å². The molecule has 2 heterocycles. The number of hydrogen-bond acceptors (Lipinski definition) is 6. The Morgan fingerprint density at radius 1 is 1.50 bits per heavy atom. The molecule has 0 unspecified atom stereocenters. The van der Waals surface area contributed by atoms with Crippen LogP contribution in [0.5, 0.6) is 0 Å². The van der Waals surface area contributed by atoms with Gasteiger partial charge in [0.1, 0.15) is 5.60 Å².